The van der Waals surface area contributed by atoms with Gasteiger partial charge in [-0.25, -0.2) is 4.39 Å². The molecule has 6 nitrogen and oxygen atoms in total. The van der Waals surface area contributed by atoms with E-state index in [1.165, 1.54) is 12.1 Å². The lowest BCUT2D eigenvalue weighted by atomic mass is 9.87. The maximum Gasteiger partial charge on any atom is 0.167 e. The number of aromatic nitrogens is 1. The molecule has 0 spiro atoms. The van der Waals surface area contributed by atoms with Crippen molar-refractivity contribution in [3.8, 4) is 23.0 Å². The summed E-state index contributed by atoms with van der Waals surface area (Å²) in [7, 11) is 0. The highest BCUT2D eigenvalue weighted by atomic mass is 19.1. The predicted molar refractivity (Wildman–Crippen MR) is 136 cm³/mol. The average Bonchev–Trinajstić information content (AvgIpc) is 3.30. The molecule has 3 aromatic rings. The van der Waals surface area contributed by atoms with Gasteiger partial charge in [-0.15, -0.1) is 0 Å². The first-order valence-electron chi connectivity index (χ1n) is 12.0. The van der Waals surface area contributed by atoms with E-state index in [4.69, 9.17) is 9.47 Å². The zero-order valence-corrected chi connectivity index (χ0v) is 20.4. The Labute approximate surface area is 209 Å². The normalized spacial score (nSPS) is 19.1. The summed E-state index contributed by atoms with van der Waals surface area (Å²) < 4.78 is 27.2. The molecule has 0 amide bonds. The molecule has 2 aromatic carbocycles. The van der Waals surface area contributed by atoms with Gasteiger partial charge in [-0.1, -0.05) is 13.5 Å². The molecule has 36 heavy (non-hydrogen) atoms. The van der Waals surface area contributed by atoms with E-state index in [0.29, 0.717) is 46.4 Å². The molecule has 2 atom stereocenters. The second-order valence-electron chi connectivity index (χ2n) is 9.49. The molecule has 2 aliphatic heterocycles. The summed E-state index contributed by atoms with van der Waals surface area (Å²) in [5, 5.41) is 19.7. The summed E-state index contributed by atoms with van der Waals surface area (Å²) in [6.07, 6.45) is 2.10. The molecule has 2 aliphatic rings. The minimum Gasteiger partial charge on any atom is -0.508 e. The maximum absolute atomic E-state index is 15.0. The second-order valence-corrected chi connectivity index (χ2v) is 9.49. The number of fused-ring (bicyclic) bond motifs is 1. The standard InChI is InChI=1S/C29H29FN2O4/c1-17-10-11-32(15-17)18(2)16-35-22-6-8-26(31-14-22)29-28(23-7-4-21(34)13-25(23)30)19(3)24-12-20(33)5-9-27(24)36-29/h4-9,12-14,17,29,33-34H,2,10-11,15-16H2,1,3H3/t17-,29?/m1/s1. The van der Waals surface area contributed by atoms with Crippen LogP contribution in [0.15, 0.2) is 67.0 Å². The Balaban J connectivity index is 1.43. The van der Waals surface area contributed by atoms with Crippen LogP contribution in [-0.4, -0.2) is 39.8 Å². The van der Waals surface area contributed by atoms with Crippen molar-refractivity contribution in [3.05, 3.63) is 89.6 Å². The molecule has 2 N–H and O–H groups in total. The van der Waals surface area contributed by atoms with Crippen LogP contribution in [0.3, 0.4) is 0 Å². The van der Waals surface area contributed by atoms with E-state index in [2.05, 4.69) is 23.4 Å². The molecule has 186 valence electrons. The van der Waals surface area contributed by atoms with E-state index < -0.39 is 11.9 Å². The van der Waals surface area contributed by atoms with Crippen LogP contribution in [0.5, 0.6) is 23.0 Å². The summed E-state index contributed by atoms with van der Waals surface area (Å²) in [5.41, 5.74) is 3.81. The number of rotatable bonds is 6. The van der Waals surface area contributed by atoms with E-state index in [9.17, 15) is 14.6 Å². The summed E-state index contributed by atoms with van der Waals surface area (Å²) in [6.45, 7) is 10.6. The zero-order chi connectivity index (χ0) is 25.4. The van der Waals surface area contributed by atoms with Crippen LogP contribution in [0.4, 0.5) is 4.39 Å². The van der Waals surface area contributed by atoms with Crippen LogP contribution in [0.1, 0.15) is 43.2 Å². The molecule has 0 bridgehead atoms. The Morgan fingerprint density at radius 2 is 1.92 bits per heavy atom. The number of aromatic hydroxyl groups is 2. The van der Waals surface area contributed by atoms with Crippen molar-refractivity contribution in [2.45, 2.75) is 26.4 Å². The molecule has 7 heteroatoms. The molecule has 1 unspecified atom stereocenters. The number of phenols is 2. The molecular weight excluding hydrogens is 459 g/mol. The van der Waals surface area contributed by atoms with Gasteiger partial charge in [-0.2, -0.15) is 0 Å². The predicted octanol–water partition coefficient (Wildman–Crippen LogP) is 5.93. The summed E-state index contributed by atoms with van der Waals surface area (Å²) in [5.74, 6) is 1.19. The van der Waals surface area contributed by atoms with E-state index in [1.807, 2.05) is 13.0 Å². The van der Waals surface area contributed by atoms with Crippen LogP contribution >= 0.6 is 0 Å². The van der Waals surface area contributed by atoms with Gasteiger partial charge in [0.15, 0.2) is 6.10 Å². The van der Waals surface area contributed by atoms with Crippen LogP contribution in [0, 0.1) is 11.7 Å². The average molecular weight is 489 g/mol. The minimum atomic E-state index is -0.698. The number of hydrogen-bond acceptors (Lipinski definition) is 6. The Morgan fingerprint density at radius 3 is 2.61 bits per heavy atom. The van der Waals surface area contributed by atoms with Crippen molar-refractivity contribution in [1.29, 1.82) is 0 Å². The second kappa shape index (κ2) is 9.57. The number of allylic oxidation sites excluding steroid dienone is 1. The van der Waals surface area contributed by atoms with Gasteiger partial charge in [0, 0.05) is 41.6 Å². The number of pyridine rings is 1. The number of hydrogen-bond donors (Lipinski definition) is 2. The molecule has 0 radical (unpaired) electrons. The van der Waals surface area contributed by atoms with Crippen molar-refractivity contribution in [1.82, 2.24) is 9.88 Å². The molecule has 1 saturated heterocycles. The third-order valence-electron chi connectivity index (χ3n) is 6.83. The van der Waals surface area contributed by atoms with Gasteiger partial charge in [-0.3, -0.25) is 4.98 Å². The Kier molecular flexibility index (Phi) is 6.31. The van der Waals surface area contributed by atoms with Gasteiger partial charge < -0.3 is 24.6 Å². The molecular formula is C29H29FN2O4. The van der Waals surface area contributed by atoms with Gasteiger partial charge in [0.25, 0.3) is 0 Å². The summed E-state index contributed by atoms with van der Waals surface area (Å²) >= 11 is 0. The highest BCUT2D eigenvalue weighted by Gasteiger charge is 2.32. The van der Waals surface area contributed by atoms with Crippen LogP contribution in [0.25, 0.3) is 11.1 Å². The SMILES string of the molecule is C=C(COc1ccc(C2Oc3ccc(O)cc3C(C)=C2c2ccc(O)cc2F)nc1)N1CC[C@@H](C)C1. The maximum atomic E-state index is 15.0. The van der Waals surface area contributed by atoms with Crippen LogP contribution in [0.2, 0.25) is 0 Å². The lowest BCUT2D eigenvalue weighted by Gasteiger charge is -2.30. The van der Waals surface area contributed by atoms with Gasteiger partial charge in [0.1, 0.15) is 35.4 Å². The van der Waals surface area contributed by atoms with Crippen LogP contribution in [-0.2, 0) is 0 Å². The Morgan fingerprint density at radius 1 is 1.14 bits per heavy atom. The molecule has 1 fully saturated rings. The number of benzene rings is 2. The topological polar surface area (TPSA) is 75.0 Å². The Bertz CT molecular complexity index is 1340. The van der Waals surface area contributed by atoms with Crippen molar-refractivity contribution in [2.75, 3.05) is 19.7 Å². The highest BCUT2D eigenvalue weighted by Crippen LogP contribution is 2.47. The fourth-order valence-electron chi connectivity index (χ4n) is 4.83. The molecule has 0 saturated carbocycles. The zero-order valence-electron chi connectivity index (χ0n) is 20.4. The van der Waals surface area contributed by atoms with Crippen molar-refractivity contribution >= 4 is 11.1 Å². The lowest BCUT2D eigenvalue weighted by molar-refractivity contribution is 0.253. The largest absolute Gasteiger partial charge is 0.508 e. The first kappa shape index (κ1) is 23.7. The van der Waals surface area contributed by atoms with Crippen molar-refractivity contribution in [2.24, 2.45) is 5.92 Å². The highest BCUT2D eigenvalue weighted by molar-refractivity contribution is 5.95. The number of halogens is 1. The van der Waals surface area contributed by atoms with Gasteiger partial charge >= 0.3 is 0 Å². The number of phenolic OH excluding ortho intramolecular Hbond substituents is 2. The van der Waals surface area contributed by atoms with E-state index in [-0.39, 0.29) is 11.5 Å². The third-order valence-corrected chi connectivity index (χ3v) is 6.83. The minimum absolute atomic E-state index is 0.0882. The Hall–Kier alpha value is -4.00. The molecule has 0 aliphatic carbocycles. The third kappa shape index (κ3) is 4.61. The van der Waals surface area contributed by atoms with E-state index in [1.54, 1.807) is 30.5 Å². The van der Waals surface area contributed by atoms with Gasteiger partial charge in [0.2, 0.25) is 0 Å². The summed E-state index contributed by atoms with van der Waals surface area (Å²) in [4.78, 5) is 6.84. The monoisotopic (exact) mass is 488 g/mol. The van der Waals surface area contributed by atoms with Crippen LogP contribution < -0.4 is 9.47 Å². The number of likely N-dealkylation sites (tertiary alicyclic amines) is 1. The van der Waals surface area contributed by atoms with Gasteiger partial charge in [-0.05, 0) is 67.3 Å². The fourth-order valence-corrected chi connectivity index (χ4v) is 4.83. The van der Waals surface area contributed by atoms with Crippen molar-refractivity contribution < 1.29 is 24.1 Å². The summed E-state index contributed by atoms with van der Waals surface area (Å²) in [6, 6.07) is 12.5. The van der Waals surface area contributed by atoms with E-state index >= 15 is 0 Å². The molecule has 5 rings (SSSR count). The smallest absolute Gasteiger partial charge is 0.167 e. The quantitative estimate of drug-likeness (QED) is 0.448. The van der Waals surface area contributed by atoms with Crippen molar-refractivity contribution in [3.63, 3.8) is 0 Å². The fraction of sp³-hybridized carbons (Fsp3) is 0.276. The first-order valence-corrected chi connectivity index (χ1v) is 12.0. The number of ether oxygens (including phenoxy) is 2. The molecule has 1 aromatic heterocycles. The number of nitrogens with zero attached hydrogens (tertiary/aromatic N) is 2. The molecule has 3 heterocycles. The lowest BCUT2D eigenvalue weighted by Crippen LogP contribution is -2.23. The first-order chi connectivity index (χ1) is 17.3. The van der Waals surface area contributed by atoms with Gasteiger partial charge in [0.05, 0.1) is 11.9 Å². The van der Waals surface area contributed by atoms with E-state index in [0.717, 1.165) is 36.8 Å².